The molecule has 0 fully saturated rings. The van der Waals surface area contributed by atoms with Crippen LogP contribution in [0.2, 0.25) is 0 Å². The van der Waals surface area contributed by atoms with Crippen LogP contribution in [0.25, 0.3) is 38.9 Å². The minimum Gasteiger partial charge on any atom is -0.507 e. The van der Waals surface area contributed by atoms with Gasteiger partial charge in [-0.15, -0.1) is 0 Å². The molecule has 0 radical (unpaired) electrons. The predicted molar refractivity (Wildman–Crippen MR) is 217 cm³/mol. The van der Waals surface area contributed by atoms with Gasteiger partial charge >= 0.3 is 23.5 Å². The number of carboxylic acids is 1. The number of fused-ring (bicyclic) bond motifs is 4. The molecule has 12 heteroatoms. The summed E-state index contributed by atoms with van der Waals surface area (Å²) < 4.78 is 20.3. The molecule has 0 aliphatic heterocycles. The first-order valence-electron chi connectivity index (χ1n) is 18.0. The van der Waals surface area contributed by atoms with E-state index in [-0.39, 0.29) is 16.9 Å². The van der Waals surface area contributed by atoms with Gasteiger partial charge in [0.25, 0.3) is 0 Å². The number of aromatic hydroxyl groups is 1. The van der Waals surface area contributed by atoms with Crippen molar-refractivity contribution in [2.45, 2.75) is 41.5 Å². The van der Waals surface area contributed by atoms with Crippen molar-refractivity contribution in [2.24, 2.45) is 0 Å². The summed E-state index contributed by atoms with van der Waals surface area (Å²) in [6.45, 7) is 10.3. The van der Waals surface area contributed by atoms with Gasteiger partial charge in [0.05, 0.1) is 27.8 Å². The molecule has 0 saturated heterocycles. The van der Waals surface area contributed by atoms with Gasteiger partial charge in [-0.1, -0.05) is 48.5 Å². The average molecular weight is 768 g/mol. The lowest BCUT2D eigenvalue weighted by Crippen LogP contribution is -2.11. The van der Waals surface area contributed by atoms with Gasteiger partial charge in [-0.25, -0.2) is 14.4 Å². The second-order valence-electron chi connectivity index (χ2n) is 13.3. The van der Waals surface area contributed by atoms with E-state index in [0.717, 1.165) is 50.3 Å². The number of ether oxygens (including phenoxy) is 2. The number of carboxylic acid groups (broad SMARTS) is 1. The largest absolute Gasteiger partial charge is 0.507 e. The molecule has 0 unspecified atom stereocenters. The lowest BCUT2D eigenvalue weighted by molar-refractivity contribution is -0.149. The molecule has 0 aliphatic carbocycles. The molecule has 57 heavy (non-hydrogen) atoms. The van der Waals surface area contributed by atoms with Crippen molar-refractivity contribution in [1.29, 1.82) is 0 Å². The molecule has 0 spiro atoms. The molecule has 8 aromatic rings. The highest BCUT2D eigenvalue weighted by Crippen LogP contribution is 2.33. The lowest BCUT2D eigenvalue weighted by atomic mass is 10.1. The van der Waals surface area contributed by atoms with Crippen molar-refractivity contribution < 1.29 is 38.5 Å². The number of aromatic nitrogens is 3. The summed E-state index contributed by atoms with van der Waals surface area (Å²) in [5.74, 6) is -2.42. The van der Waals surface area contributed by atoms with Gasteiger partial charge < -0.3 is 33.2 Å². The van der Waals surface area contributed by atoms with Crippen molar-refractivity contribution in [3.63, 3.8) is 0 Å². The number of hydrogen-bond donors (Lipinski definition) is 2. The van der Waals surface area contributed by atoms with Crippen molar-refractivity contribution in [2.75, 3.05) is 6.79 Å². The van der Waals surface area contributed by atoms with E-state index >= 15 is 0 Å². The Bertz CT molecular complexity index is 2780. The highest BCUT2D eigenvalue weighted by atomic mass is 16.7. The third-order valence-electron chi connectivity index (χ3n) is 9.56. The fraction of sp³-hybridized carbons (Fsp3) is 0.156. The summed E-state index contributed by atoms with van der Waals surface area (Å²) in [7, 11) is 0. The summed E-state index contributed by atoms with van der Waals surface area (Å²) >= 11 is 0. The first-order chi connectivity index (χ1) is 27.3. The predicted octanol–water partition coefficient (Wildman–Crippen LogP) is 8.78. The number of rotatable bonds is 6. The van der Waals surface area contributed by atoms with Gasteiger partial charge in [0.15, 0.2) is 0 Å². The van der Waals surface area contributed by atoms with Crippen LogP contribution in [-0.4, -0.2) is 48.4 Å². The lowest BCUT2D eigenvalue weighted by Gasteiger charge is -2.12. The van der Waals surface area contributed by atoms with Crippen LogP contribution in [0.4, 0.5) is 0 Å². The number of aromatic carboxylic acids is 1. The molecule has 0 atom stereocenters. The zero-order chi connectivity index (χ0) is 41.0. The van der Waals surface area contributed by atoms with E-state index in [4.69, 9.17) is 9.15 Å². The Morgan fingerprint density at radius 2 is 1.25 bits per heavy atom. The number of carbonyl (C=O) groups excluding carboxylic acids is 2. The molecule has 0 aliphatic rings. The normalized spacial score (nSPS) is 10.8. The number of benzene rings is 4. The Morgan fingerprint density at radius 3 is 1.84 bits per heavy atom. The summed E-state index contributed by atoms with van der Waals surface area (Å²) in [6, 6.07) is 35.6. The van der Waals surface area contributed by atoms with E-state index in [1.807, 2.05) is 114 Å². The second kappa shape index (κ2) is 16.6. The maximum Gasteiger partial charge on any atom is 0.344 e. The Hall–Kier alpha value is -7.34. The topological polar surface area (TPSA) is 155 Å². The highest BCUT2D eigenvalue weighted by molar-refractivity contribution is 6.10. The van der Waals surface area contributed by atoms with Gasteiger partial charge in [-0.05, 0) is 89.2 Å². The van der Waals surface area contributed by atoms with Crippen LogP contribution < -0.4 is 5.63 Å². The zero-order valence-corrected chi connectivity index (χ0v) is 32.3. The first-order valence-corrected chi connectivity index (χ1v) is 18.0. The maximum atomic E-state index is 11.8. The van der Waals surface area contributed by atoms with E-state index in [9.17, 15) is 29.4 Å². The van der Waals surface area contributed by atoms with Crippen LogP contribution in [0.5, 0.6) is 5.75 Å². The molecular formula is C45H41N3O9. The molecule has 0 amide bonds. The van der Waals surface area contributed by atoms with E-state index in [1.54, 1.807) is 25.1 Å². The number of esters is 2. The Morgan fingerprint density at radius 1 is 0.667 bits per heavy atom. The molecule has 8 rings (SSSR count). The SMILES string of the molecule is CC(=O)OCOC(=O)c1ccc(-n2c(C)ccc2C)cc1O.Cc1c(C)n2c(C)ccc2oc1=O.O=C(O)c1ccccc1-n1c2ccccc2c2ccccc21. The third kappa shape index (κ3) is 8.06. The van der Waals surface area contributed by atoms with Gasteiger partial charge in [-0.2, -0.15) is 0 Å². The fourth-order valence-electron chi connectivity index (χ4n) is 6.69. The van der Waals surface area contributed by atoms with E-state index in [2.05, 4.69) is 16.9 Å². The van der Waals surface area contributed by atoms with E-state index < -0.39 is 24.7 Å². The van der Waals surface area contributed by atoms with Crippen LogP contribution in [0.1, 0.15) is 56.0 Å². The number of hydrogen-bond acceptors (Lipinski definition) is 8. The van der Waals surface area contributed by atoms with Gasteiger partial charge in [0.1, 0.15) is 11.3 Å². The number of nitrogens with zero attached hydrogens (tertiary/aromatic N) is 3. The van der Waals surface area contributed by atoms with Crippen molar-refractivity contribution in [1.82, 2.24) is 13.5 Å². The van der Waals surface area contributed by atoms with Crippen LogP contribution in [0.3, 0.4) is 0 Å². The van der Waals surface area contributed by atoms with Gasteiger partial charge in [0, 0.05) is 58.3 Å². The number of phenolic OH excluding ortho intramolecular Hbond substituents is 1. The monoisotopic (exact) mass is 767 g/mol. The Labute approximate surface area is 327 Å². The molecule has 12 nitrogen and oxygen atoms in total. The zero-order valence-electron chi connectivity index (χ0n) is 32.3. The smallest absolute Gasteiger partial charge is 0.344 e. The summed E-state index contributed by atoms with van der Waals surface area (Å²) in [5.41, 5.74) is 8.88. The highest BCUT2D eigenvalue weighted by Gasteiger charge is 2.17. The van der Waals surface area contributed by atoms with Crippen LogP contribution in [-0.2, 0) is 14.3 Å². The Kier molecular flexibility index (Phi) is 11.4. The number of aryl methyl sites for hydroxylation is 4. The Balaban J connectivity index is 0.000000150. The van der Waals surface area contributed by atoms with E-state index in [1.165, 1.54) is 19.1 Å². The molecule has 290 valence electrons. The average Bonchev–Trinajstić information content (AvgIpc) is 3.85. The number of para-hydroxylation sites is 3. The second-order valence-corrected chi connectivity index (χ2v) is 13.3. The minimum absolute atomic E-state index is 0.0124. The molecular weight excluding hydrogens is 727 g/mol. The number of carbonyl (C=O) groups is 3. The quantitative estimate of drug-likeness (QED) is 0.125. The number of phenols is 1. The summed E-state index contributed by atoms with van der Waals surface area (Å²) in [5, 5.41) is 21.8. The molecule has 2 N–H and O–H groups in total. The summed E-state index contributed by atoms with van der Waals surface area (Å²) in [6.07, 6.45) is 0. The van der Waals surface area contributed by atoms with Gasteiger partial charge in [-0.3, -0.25) is 9.20 Å². The van der Waals surface area contributed by atoms with Crippen LogP contribution in [0.15, 0.2) is 124 Å². The van der Waals surface area contributed by atoms with Crippen LogP contribution >= 0.6 is 0 Å². The molecule has 4 heterocycles. The standard InChI is InChI=1S/C19H13NO2.C16H17NO5.C10H11NO2/c21-19(22)15-9-3-6-12-18(15)20-16-10-4-1-7-13(16)14-8-2-5-11-17(14)20;1-10-4-5-11(2)17(10)13-6-7-14(15(19)8-13)16(20)22-9-21-12(3)18;1-6-4-5-9-11(6)8(3)7(2)10(12)13-9/h1-12H,(H,21,22);4-8,19H,9H2,1-3H3;4-5H,1-3H3. The molecule has 0 saturated carbocycles. The summed E-state index contributed by atoms with van der Waals surface area (Å²) in [4.78, 5) is 45.3. The van der Waals surface area contributed by atoms with Crippen molar-refractivity contribution in [3.05, 3.63) is 165 Å². The van der Waals surface area contributed by atoms with Crippen molar-refractivity contribution >= 4 is 45.4 Å². The third-order valence-corrected chi connectivity index (χ3v) is 9.56. The first kappa shape index (κ1) is 39.4. The molecule has 4 aromatic heterocycles. The molecule has 4 aromatic carbocycles. The van der Waals surface area contributed by atoms with Crippen molar-refractivity contribution in [3.8, 4) is 17.1 Å². The maximum absolute atomic E-state index is 11.8. The van der Waals surface area contributed by atoms with Gasteiger partial charge in [0.2, 0.25) is 12.5 Å². The minimum atomic E-state index is -0.919. The van der Waals surface area contributed by atoms with Crippen LogP contribution in [0, 0.1) is 34.6 Å². The molecule has 0 bridgehead atoms. The van der Waals surface area contributed by atoms with E-state index in [0.29, 0.717) is 22.5 Å². The fourth-order valence-corrected chi connectivity index (χ4v) is 6.69.